The molecule has 0 saturated heterocycles. The summed E-state index contributed by atoms with van der Waals surface area (Å²) in [5.41, 5.74) is 0. The molecule has 0 aromatic heterocycles. The first-order valence-corrected chi connectivity index (χ1v) is 9.20. The first-order valence-electron chi connectivity index (χ1n) is 7.79. The maximum absolute atomic E-state index is 12.4. The van der Waals surface area contributed by atoms with Crippen LogP contribution >= 0.6 is 0 Å². The van der Waals surface area contributed by atoms with Gasteiger partial charge in [0.1, 0.15) is 0 Å². The molecule has 0 aliphatic carbocycles. The second-order valence-corrected chi connectivity index (χ2v) is 7.10. The summed E-state index contributed by atoms with van der Waals surface area (Å²) in [5, 5.41) is -7.14. The Balaban J connectivity index is 0. The van der Waals surface area contributed by atoms with Crippen LogP contribution in [0, 0.1) is 0 Å². The van der Waals surface area contributed by atoms with Gasteiger partial charge in [-0.3, -0.25) is 0 Å². The second kappa shape index (κ2) is 9.32. The van der Waals surface area contributed by atoms with Crippen LogP contribution in [0.25, 0.3) is 0 Å². The zero-order chi connectivity index (χ0) is 23.4. The van der Waals surface area contributed by atoms with E-state index in [0.29, 0.717) is 0 Å². The van der Waals surface area contributed by atoms with Crippen LogP contribution in [0.4, 0.5) is 43.9 Å². The number of alkyl halides is 10. The van der Waals surface area contributed by atoms with Crippen LogP contribution < -0.4 is 0 Å². The van der Waals surface area contributed by atoms with E-state index in [1.165, 1.54) is 30.7 Å². The van der Waals surface area contributed by atoms with Crippen LogP contribution in [0.3, 0.4) is 0 Å². The first-order chi connectivity index (χ1) is 12.1. The summed E-state index contributed by atoms with van der Waals surface area (Å²) < 4.78 is 151. The van der Waals surface area contributed by atoms with Gasteiger partial charge in [-0.1, -0.05) is 0 Å². The minimum atomic E-state index is -7.47. The SMILES string of the molecule is CC[N+](CC)(CC)CC.O=S(=O)([O-])C(F)(F)C(F)(F)C(F)(F)C(F)C(F)(F)F. The summed E-state index contributed by atoms with van der Waals surface area (Å²) in [6.45, 7) is 14.2. The number of hydrogen-bond donors (Lipinski definition) is 0. The number of quaternary nitrogens is 1. The fourth-order valence-electron chi connectivity index (χ4n) is 2.06. The van der Waals surface area contributed by atoms with E-state index < -0.39 is 39.6 Å². The molecule has 0 radical (unpaired) electrons. The molecule has 4 nitrogen and oxygen atoms in total. The zero-order valence-electron chi connectivity index (χ0n) is 15.3. The molecular weight excluding hydrogens is 440 g/mol. The fourth-order valence-corrected chi connectivity index (χ4v) is 2.51. The predicted octanol–water partition coefficient (Wildman–Crippen LogP) is 4.18. The fraction of sp³-hybridized carbons (Fsp3) is 1.00. The van der Waals surface area contributed by atoms with E-state index in [1.807, 2.05) is 0 Å². The van der Waals surface area contributed by atoms with Gasteiger partial charge in [0, 0.05) is 0 Å². The highest BCUT2D eigenvalue weighted by Gasteiger charge is 2.80. The van der Waals surface area contributed by atoms with E-state index >= 15 is 0 Å². The number of halogens is 10. The average Bonchev–Trinajstić information content (AvgIpc) is 2.55. The van der Waals surface area contributed by atoms with Gasteiger partial charge < -0.3 is 9.04 Å². The third-order valence-electron chi connectivity index (χ3n) is 4.39. The highest BCUT2D eigenvalue weighted by atomic mass is 32.2. The Morgan fingerprint density at radius 3 is 1.21 bits per heavy atom. The number of rotatable bonds is 8. The Kier molecular flexibility index (Phi) is 9.78. The zero-order valence-corrected chi connectivity index (χ0v) is 16.1. The van der Waals surface area contributed by atoms with Crippen molar-refractivity contribution in [1.29, 1.82) is 0 Å². The van der Waals surface area contributed by atoms with Crippen molar-refractivity contribution in [2.75, 3.05) is 26.2 Å². The van der Waals surface area contributed by atoms with Crippen molar-refractivity contribution in [2.45, 2.75) is 57.1 Å². The summed E-state index contributed by atoms with van der Waals surface area (Å²) in [6.07, 6.45) is -12.5. The van der Waals surface area contributed by atoms with Crippen LogP contribution in [-0.4, -0.2) is 73.1 Å². The summed E-state index contributed by atoms with van der Waals surface area (Å²) in [6, 6.07) is 0. The average molecular weight is 461 g/mol. The molecule has 0 saturated carbocycles. The molecule has 1 unspecified atom stereocenters. The van der Waals surface area contributed by atoms with Gasteiger partial charge in [0.25, 0.3) is 6.17 Å². The Morgan fingerprint density at radius 2 is 1.07 bits per heavy atom. The van der Waals surface area contributed by atoms with Crippen LogP contribution in [0.2, 0.25) is 0 Å². The van der Waals surface area contributed by atoms with Crippen LogP contribution in [0.5, 0.6) is 0 Å². The molecule has 0 aromatic rings. The van der Waals surface area contributed by atoms with Gasteiger partial charge in [-0.05, 0) is 27.7 Å². The van der Waals surface area contributed by atoms with Crippen molar-refractivity contribution in [3.63, 3.8) is 0 Å². The minimum absolute atomic E-state index is 1.28. The molecule has 172 valence electrons. The minimum Gasteiger partial charge on any atom is -0.743 e. The van der Waals surface area contributed by atoms with Crippen LogP contribution in [-0.2, 0) is 10.1 Å². The molecule has 0 aromatic carbocycles. The van der Waals surface area contributed by atoms with Gasteiger partial charge >= 0.3 is 23.3 Å². The number of nitrogens with zero attached hydrogens (tertiary/aromatic N) is 1. The van der Waals surface area contributed by atoms with Gasteiger partial charge in [0.05, 0.1) is 26.2 Å². The van der Waals surface area contributed by atoms with Crippen LogP contribution in [0.1, 0.15) is 27.7 Å². The Bertz CT molecular complexity index is 570. The lowest BCUT2D eigenvalue weighted by molar-refractivity contribution is -0.921. The van der Waals surface area contributed by atoms with Crippen LogP contribution in [0.15, 0.2) is 0 Å². The van der Waals surface area contributed by atoms with Gasteiger partial charge in [0.2, 0.25) is 0 Å². The molecule has 0 N–H and O–H groups in total. The van der Waals surface area contributed by atoms with Crippen molar-refractivity contribution in [2.24, 2.45) is 0 Å². The van der Waals surface area contributed by atoms with Crippen molar-refractivity contribution < 1.29 is 61.4 Å². The smallest absolute Gasteiger partial charge is 0.425 e. The summed E-state index contributed by atoms with van der Waals surface area (Å²) in [7, 11) is -7.47. The maximum Gasteiger partial charge on any atom is 0.425 e. The standard InChI is InChI=1S/C8H20N.C5H2F10O3S/c1-5-9(6-2,7-3)8-4;6-1(3(9,10)11)2(7,8)4(12,13)5(14,15)19(16,17)18/h5-8H2,1-4H3;1H,(H,16,17,18)/q+1;/p-1. The Morgan fingerprint density at radius 1 is 0.786 bits per heavy atom. The van der Waals surface area contributed by atoms with E-state index in [1.54, 1.807) is 0 Å². The lowest BCUT2D eigenvalue weighted by Crippen LogP contribution is -2.63. The van der Waals surface area contributed by atoms with Gasteiger partial charge in [0.15, 0.2) is 10.1 Å². The highest BCUT2D eigenvalue weighted by Crippen LogP contribution is 2.52. The molecule has 15 heteroatoms. The topological polar surface area (TPSA) is 57.2 Å². The molecule has 0 amide bonds. The summed E-state index contributed by atoms with van der Waals surface area (Å²) >= 11 is 0. The molecule has 0 heterocycles. The largest absolute Gasteiger partial charge is 0.743 e. The van der Waals surface area contributed by atoms with Gasteiger partial charge in [-0.15, -0.1) is 0 Å². The molecular formula is C13H21F10NO3S. The molecule has 0 rings (SSSR count). The van der Waals surface area contributed by atoms with Crippen molar-refractivity contribution in [1.82, 2.24) is 0 Å². The lowest BCUT2D eigenvalue weighted by Gasteiger charge is -2.35. The molecule has 28 heavy (non-hydrogen) atoms. The lowest BCUT2D eigenvalue weighted by atomic mass is 10.1. The monoisotopic (exact) mass is 461 g/mol. The predicted molar refractivity (Wildman–Crippen MR) is 77.9 cm³/mol. The van der Waals surface area contributed by atoms with Crippen molar-refractivity contribution in [3.8, 4) is 0 Å². The summed E-state index contributed by atoms with van der Waals surface area (Å²) in [4.78, 5) is 0. The molecule has 0 fully saturated rings. The molecule has 0 spiro atoms. The molecule has 1 atom stereocenters. The van der Waals surface area contributed by atoms with E-state index in [2.05, 4.69) is 27.7 Å². The van der Waals surface area contributed by atoms with E-state index in [4.69, 9.17) is 0 Å². The third kappa shape index (κ3) is 5.84. The Hall–Kier alpha value is -0.830. The third-order valence-corrected chi connectivity index (χ3v) is 5.27. The van der Waals surface area contributed by atoms with E-state index in [0.717, 1.165) is 0 Å². The Labute approximate surface area is 155 Å². The highest BCUT2D eigenvalue weighted by molar-refractivity contribution is 7.86. The van der Waals surface area contributed by atoms with E-state index in [-0.39, 0.29) is 0 Å². The summed E-state index contributed by atoms with van der Waals surface area (Å²) in [5.74, 6) is -14.6. The number of hydrogen-bond acceptors (Lipinski definition) is 3. The second-order valence-electron chi connectivity index (χ2n) is 5.68. The van der Waals surface area contributed by atoms with Gasteiger partial charge in [-0.25, -0.2) is 12.8 Å². The molecule has 0 aliphatic heterocycles. The van der Waals surface area contributed by atoms with Gasteiger partial charge in [-0.2, -0.15) is 39.5 Å². The first kappa shape index (κ1) is 29.4. The van der Waals surface area contributed by atoms with Crippen molar-refractivity contribution >= 4 is 10.1 Å². The maximum atomic E-state index is 12.4. The molecule has 0 aliphatic rings. The van der Waals surface area contributed by atoms with Crippen molar-refractivity contribution in [3.05, 3.63) is 0 Å². The quantitative estimate of drug-likeness (QED) is 0.310. The van der Waals surface area contributed by atoms with E-state index in [9.17, 15) is 56.9 Å². The molecule has 0 bridgehead atoms. The normalized spacial score (nSPS) is 15.7.